The van der Waals surface area contributed by atoms with Crippen molar-refractivity contribution in [3.63, 3.8) is 0 Å². The summed E-state index contributed by atoms with van der Waals surface area (Å²) in [6.07, 6.45) is 7.11. The molecule has 0 aromatic heterocycles. The van der Waals surface area contributed by atoms with Crippen LogP contribution < -0.4 is 0 Å². The highest BCUT2D eigenvalue weighted by atomic mass is 16.5. The number of fused-ring (bicyclic) bond motifs is 5. The van der Waals surface area contributed by atoms with Crippen molar-refractivity contribution in [1.82, 2.24) is 0 Å². The van der Waals surface area contributed by atoms with Crippen molar-refractivity contribution in [1.29, 1.82) is 0 Å². The minimum absolute atomic E-state index is 0.00405. The number of ether oxygens (including phenoxy) is 1. The predicted molar refractivity (Wildman–Crippen MR) is 97.4 cm³/mol. The Morgan fingerprint density at radius 3 is 2.84 bits per heavy atom. The molecule has 2 saturated carbocycles. The first-order chi connectivity index (χ1) is 12.0. The molecule has 0 bridgehead atoms. The van der Waals surface area contributed by atoms with Gasteiger partial charge in [-0.25, -0.2) is 0 Å². The van der Waals surface area contributed by atoms with Crippen LogP contribution in [0, 0.1) is 29.1 Å². The van der Waals surface area contributed by atoms with Gasteiger partial charge in [0.1, 0.15) is 5.75 Å². The van der Waals surface area contributed by atoms with Crippen molar-refractivity contribution < 1.29 is 14.6 Å². The molecule has 1 aromatic rings. The number of benzene rings is 1. The number of hydrogen-bond acceptors (Lipinski definition) is 3. The van der Waals surface area contributed by atoms with E-state index in [-0.39, 0.29) is 17.3 Å². The van der Waals surface area contributed by atoms with Crippen LogP contribution in [0.2, 0.25) is 0 Å². The zero-order chi connectivity index (χ0) is 17.8. The molecule has 0 amide bonds. The molecule has 0 spiro atoms. The zero-order valence-electron chi connectivity index (χ0n) is 15.6. The largest absolute Gasteiger partial charge is 0.508 e. The maximum atomic E-state index is 12.1. The van der Waals surface area contributed by atoms with Crippen LogP contribution in [0.1, 0.15) is 63.0 Å². The van der Waals surface area contributed by atoms with Gasteiger partial charge in [-0.1, -0.05) is 19.9 Å². The van der Waals surface area contributed by atoms with Gasteiger partial charge in [0, 0.05) is 0 Å². The first-order valence-corrected chi connectivity index (χ1v) is 9.85. The fourth-order valence-electron chi connectivity index (χ4n) is 6.78. The molecule has 1 unspecified atom stereocenters. The van der Waals surface area contributed by atoms with Crippen LogP contribution in [0.25, 0.3) is 0 Å². The van der Waals surface area contributed by atoms with Gasteiger partial charge in [-0.05, 0) is 90.9 Å². The molecule has 3 nitrogen and oxygen atoms in total. The normalized spacial score (nSPS) is 37.6. The quantitative estimate of drug-likeness (QED) is 0.794. The second-order valence-corrected chi connectivity index (χ2v) is 8.84. The first kappa shape index (κ1) is 16.9. The Balaban J connectivity index is 1.62. The molecule has 6 atom stereocenters. The molecule has 3 aliphatic rings. The zero-order valence-corrected chi connectivity index (χ0v) is 15.6. The molecular weight excluding hydrogens is 312 g/mol. The van der Waals surface area contributed by atoms with E-state index in [0.717, 1.165) is 18.8 Å². The fraction of sp³-hybridized carbons (Fsp3) is 0.682. The van der Waals surface area contributed by atoms with Gasteiger partial charge >= 0.3 is 5.97 Å². The number of aryl methyl sites for hydroxylation is 1. The van der Waals surface area contributed by atoms with Crippen LogP contribution in [0.3, 0.4) is 0 Å². The van der Waals surface area contributed by atoms with E-state index in [9.17, 15) is 9.90 Å². The lowest BCUT2D eigenvalue weighted by Crippen LogP contribution is -2.44. The molecule has 4 rings (SSSR count). The lowest BCUT2D eigenvalue weighted by Gasteiger charge is -2.51. The maximum absolute atomic E-state index is 12.1. The highest BCUT2D eigenvalue weighted by Gasteiger charge is 2.56. The van der Waals surface area contributed by atoms with Gasteiger partial charge in [0.2, 0.25) is 0 Å². The van der Waals surface area contributed by atoms with E-state index >= 15 is 0 Å². The first-order valence-electron chi connectivity index (χ1n) is 9.85. The van der Waals surface area contributed by atoms with E-state index in [2.05, 4.69) is 19.9 Å². The third-order valence-electron chi connectivity index (χ3n) is 7.96. The van der Waals surface area contributed by atoms with Crippen LogP contribution in [-0.4, -0.2) is 18.2 Å². The molecule has 0 saturated heterocycles. The van der Waals surface area contributed by atoms with E-state index in [1.807, 2.05) is 12.1 Å². The molecule has 0 radical (unpaired) electrons. The van der Waals surface area contributed by atoms with Crippen molar-refractivity contribution in [2.45, 2.75) is 58.3 Å². The highest BCUT2D eigenvalue weighted by molar-refractivity contribution is 5.72. The van der Waals surface area contributed by atoms with E-state index in [0.29, 0.717) is 23.5 Å². The summed E-state index contributed by atoms with van der Waals surface area (Å²) in [5.41, 5.74) is 3.09. The summed E-state index contributed by atoms with van der Waals surface area (Å²) < 4.78 is 5.05. The molecule has 3 aliphatic carbocycles. The number of aromatic hydroxyl groups is 1. The summed E-state index contributed by atoms with van der Waals surface area (Å²) in [6.45, 7) is 4.51. The molecule has 3 heteroatoms. The van der Waals surface area contributed by atoms with Gasteiger partial charge in [0.15, 0.2) is 0 Å². The van der Waals surface area contributed by atoms with E-state index in [4.69, 9.17) is 4.74 Å². The summed E-state index contributed by atoms with van der Waals surface area (Å²) in [5, 5.41) is 9.80. The number of carbonyl (C=O) groups excluding carboxylic acids is 1. The topological polar surface area (TPSA) is 46.5 Å². The molecule has 1 N–H and O–H groups in total. The summed E-state index contributed by atoms with van der Waals surface area (Å²) in [4.78, 5) is 12.1. The number of phenols is 1. The van der Waals surface area contributed by atoms with Crippen molar-refractivity contribution >= 4 is 5.97 Å². The van der Waals surface area contributed by atoms with Gasteiger partial charge in [-0.15, -0.1) is 0 Å². The van der Waals surface area contributed by atoms with Crippen LogP contribution in [0.4, 0.5) is 0 Å². The van der Waals surface area contributed by atoms with Gasteiger partial charge in [-0.3, -0.25) is 4.79 Å². The number of hydrogen-bond donors (Lipinski definition) is 1. The van der Waals surface area contributed by atoms with Crippen molar-refractivity contribution in [3.05, 3.63) is 29.3 Å². The lowest BCUT2D eigenvalue weighted by atomic mass is 9.53. The predicted octanol–water partition coefficient (Wildman–Crippen LogP) is 4.67. The smallest absolute Gasteiger partial charge is 0.308 e. The average molecular weight is 342 g/mol. The molecule has 2 fully saturated rings. The lowest BCUT2D eigenvalue weighted by molar-refractivity contribution is -0.149. The van der Waals surface area contributed by atoms with Crippen molar-refractivity contribution in [2.24, 2.45) is 29.1 Å². The highest BCUT2D eigenvalue weighted by Crippen LogP contribution is 2.64. The number of methoxy groups -OCH3 is 1. The van der Waals surface area contributed by atoms with Crippen LogP contribution in [-0.2, 0) is 16.0 Å². The van der Waals surface area contributed by atoms with Crippen molar-refractivity contribution in [3.8, 4) is 5.75 Å². The van der Waals surface area contributed by atoms with E-state index < -0.39 is 0 Å². The summed E-state index contributed by atoms with van der Waals surface area (Å²) >= 11 is 0. The number of phenolic OH excluding ortho intramolecular Hbond substituents is 1. The van der Waals surface area contributed by atoms with Crippen LogP contribution in [0.15, 0.2) is 18.2 Å². The van der Waals surface area contributed by atoms with Crippen molar-refractivity contribution in [2.75, 3.05) is 7.11 Å². The molecular formula is C22H30O3. The summed E-state index contributed by atoms with van der Waals surface area (Å²) in [7, 11) is 1.51. The van der Waals surface area contributed by atoms with Gasteiger partial charge < -0.3 is 9.84 Å². The number of carbonyl (C=O) groups is 1. The van der Waals surface area contributed by atoms with Crippen LogP contribution >= 0.6 is 0 Å². The Hall–Kier alpha value is -1.51. The standard InChI is InChI=1S/C22H30O3/c1-13(21(24)25-3)19-8-9-20-18-6-4-14-12-15(23)5-7-16(14)17(18)10-11-22(19,20)2/h5,7,12-13,17-20,23H,4,6,8-11H2,1-3H3/t13?,17-,18-,19-,20+,22-/m1/s1. The average Bonchev–Trinajstić information content (AvgIpc) is 2.97. The minimum Gasteiger partial charge on any atom is -0.508 e. The molecule has 0 aliphatic heterocycles. The second kappa shape index (κ2) is 6.03. The maximum Gasteiger partial charge on any atom is 0.308 e. The molecule has 136 valence electrons. The number of esters is 1. The summed E-state index contributed by atoms with van der Waals surface area (Å²) in [5.74, 6) is 2.88. The Morgan fingerprint density at radius 1 is 1.28 bits per heavy atom. The van der Waals surface area contributed by atoms with Gasteiger partial charge in [0.05, 0.1) is 13.0 Å². The molecule has 25 heavy (non-hydrogen) atoms. The third-order valence-corrected chi connectivity index (χ3v) is 7.96. The molecule has 1 aromatic carbocycles. The Kier molecular flexibility index (Phi) is 4.09. The second-order valence-electron chi connectivity index (χ2n) is 8.84. The minimum atomic E-state index is -0.0431. The van der Waals surface area contributed by atoms with Crippen LogP contribution in [0.5, 0.6) is 5.75 Å². The van der Waals surface area contributed by atoms with E-state index in [1.54, 1.807) is 0 Å². The summed E-state index contributed by atoms with van der Waals surface area (Å²) in [6, 6.07) is 5.98. The SMILES string of the molecule is COC(=O)C(C)[C@H]1CC[C@H]2[C@@H]3CCc4cc(O)ccc4[C@H]3CC[C@]12C. The fourth-order valence-corrected chi connectivity index (χ4v) is 6.78. The van der Waals surface area contributed by atoms with E-state index in [1.165, 1.54) is 43.9 Å². The Bertz CT molecular complexity index is 682. The van der Waals surface area contributed by atoms with Gasteiger partial charge in [0.25, 0.3) is 0 Å². The number of rotatable bonds is 2. The Morgan fingerprint density at radius 2 is 2.08 bits per heavy atom. The molecule has 0 heterocycles. The Labute approximate surface area is 150 Å². The monoisotopic (exact) mass is 342 g/mol. The van der Waals surface area contributed by atoms with Gasteiger partial charge in [-0.2, -0.15) is 0 Å². The third kappa shape index (κ3) is 2.50.